The summed E-state index contributed by atoms with van der Waals surface area (Å²) < 4.78 is 9.67. The Bertz CT molecular complexity index is 752. The second-order valence-electron chi connectivity index (χ2n) is 4.87. The minimum atomic E-state index is -0.609. The van der Waals surface area contributed by atoms with Crippen molar-refractivity contribution in [1.29, 1.82) is 0 Å². The first-order valence-electron chi connectivity index (χ1n) is 7.19. The quantitative estimate of drug-likeness (QED) is 0.649. The fourth-order valence-electron chi connectivity index (χ4n) is 2.10. The van der Waals surface area contributed by atoms with E-state index in [-0.39, 0.29) is 23.5 Å². The fourth-order valence-corrected chi connectivity index (χ4v) is 2.10. The molecule has 2 aromatic rings. The summed E-state index contributed by atoms with van der Waals surface area (Å²) in [5.74, 6) is -0.732. The monoisotopic (exact) mass is 327 g/mol. The van der Waals surface area contributed by atoms with Gasteiger partial charge in [-0.05, 0) is 36.4 Å². The van der Waals surface area contributed by atoms with Crippen molar-refractivity contribution in [1.82, 2.24) is 5.32 Å². The first-order valence-corrected chi connectivity index (χ1v) is 7.19. The van der Waals surface area contributed by atoms with Gasteiger partial charge in [-0.2, -0.15) is 0 Å². The zero-order valence-electron chi connectivity index (χ0n) is 13.4. The smallest absolute Gasteiger partial charge is 0.338 e. The number of nitrogens with one attached hydrogen (secondary N) is 1. The number of amides is 1. The van der Waals surface area contributed by atoms with Crippen molar-refractivity contribution in [2.24, 2.45) is 0 Å². The number of carbonyl (C=O) groups excluding carboxylic acids is 3. The molecule has 0 radical (unpaired) electrons. The summed E-state index contributed by atoms with van der Waals surface area (Å²) in [7, 11) is 2.78. The van der Waals surface area contributed by atoms with Crippen LogP contribution in [-0.4, -0.2) is 38.4 Å². The number of hydrogen-bond acceptors (Lipinski definition) is 5. The van der Waals surface area contributed by atoms with Gasteiger partial charge in [-0.25, -0.2) is 4.79 Å². The molecule has 0 aliphatic rings. The van der Waals surface area contributed by atoms with Crippen molar-refractivity contribution in [2.45, 2.75) is 0 Å². The van der Waals surface area contributed by atoms with Crippen LogP contribution in [0, 0.1) is 0 Å². The SMILES string of the molecule is COC(=O)c1ccccc1C(=O)NCC(=O)c1ccc(OC)cc1. The number of benzene rings is 2. The molecule has 0 heterocycles. The van der Waals surface area contributed by atoms with Gasteiger partial charge in [-0.1, -0.05) is 12.1 Å². The summed E-state index contributed by atoms with van der Waals surface area (Å²) in [4.78, 5) is 36.0. The molecule has 6 heteroatoms. The molecular weight excluding hydrogens is 310 g/mol. The van der Waals surface area contributed by atoms with Gasteiger partial charge in [0.1, 0.15) is 5.75 Å². The molecule has 0 aliphatic carbocycles. The summed E-state index contributed by atoms with van der Waals surface area (Å²) in [5.41, 5.74) is 0.763. The van der Waals surface area contributed by atoms with E-state index in [9.17, 15) is 14.4 Å². The van der Waals surface area contributed by atoms with Gasteiger partial charge in [-0.3, -0.25) is 9.59 Å². The van der Waals surface area contributed by atoms with E-state index in [1.54, 1.807) is 36.4 Å². The molecule has 0 atom stereocenters. The van der Waals surface area contributed by atoms with Crippen molar-refractivity contribution in [3.8, 4) is 5.75 Å². The molecule has 124 valence electrons. The summed E-state index contributed by atoms with van der Waals surface area (Å²) in [6, 6.07) is 12.8. The van der Waals surface area contributed by atoms with Crippen LogP contribution in [0.25, 0.3) is 0 Å². The third kappa shape index (κ3) is 3.98. The minimum absolute atomic E-state index is 0.148. The molecule has 0 fully saturated rings. The fraction of sp³-hybridized carbons (Fsp3) is 0.167. The minimum Gasteiger partial charge on any atom is -0.497 e. The number of ketones is 1. The maximum atomic E-state index is 12.2. The Morgan fingerprint density at radius 1 is 0.917 bits per heavy atom. The molecule has 6 nitrogen and oxygen atoms in total. The number of esters is 1. The first-order chi connectivity index (χ1) is 11.6. The lowest BCUT2D eigenvalue weighted by Crippen LogP contribution is -2.30. The highest BCUT2D eigenvalue weighted by Gasteiger charge is 2.17. The Labute approximate surface area is 139 Å². The lowest BCUT2D eigenvalue weighted by Gasteiger charge is -2.08. The van der Waals surface area contributed by atoms with Crippen molar-refractivity contribution in [3.05, 3.63) is 65.2 Å². The number of Topliss-reactive ketones (excluding diaryl/α,β-unsaturated/α-hetero) is 1. The Hall–Kier alpha value is -3.15. The Kier molecular flexibility index (Phi) is 5.68. The van der Waals surface area contributed by atoms with Gasteiger partial charge in [-0.15, -0.1) is 0 Å². The highest BCUT2D eigenvalue weighted by atomic mass is 16.5. The van der Waals surface area contributed by atoms with E-state index in [1.165, 1.54) is 26.4 Å². The number of carbonyl (C=O) groups is 3. The van der Waals surface area contributed by atoms with E-state index in [2.05, 4.69) is 10.1 Å². The van der Waals surface area contributed by atoms with Gasteiger partial charge >= 0.3 is 5.97 Å². The van der Waals surface area contributed by atoms with Gasteiger partial charge in [0.05, 0.1) is 31.9 Å². The van der Waals surface area contributed by atoms with Gasteiger partial charge in [0.25, 0.3) is 5.91 Å². The van der Waals surface area contributed by atoms with E-state index in [0.717, 1.165) is 0 Å². The Morgan fingerprint density at radius 2 is 1.54 bits per heavy atom. The van der Waals surface area contributed by atoms with Crippen LogP contribution in [0.15, 0.2) is 48.5 Å². The average Bonchev–Trinajstić information content (AvgIpc) is 2.65. The van der Waals surface area contributed by atoms with Crippen LogP contribution in [0.1, 0.15) is 31.1 Å². The Balaban J connectivity index is 2.05. The van der Waals surface area contributed by atoms with Crippen LogP contribution < -0.4 is 10.1 Å². The molecule has 2 rings (SSSR count). The molecule has 0 saturated carbocycles. The molecule has 0 unspecified atom stereocenters. The van der Waals surface area contributed by atoms with Crippen LogP contribution >= 0.6 is 0 Å². The predicted octanol–water partition coefficient (Wildman–Crippen LogP) is 2.09. The second kappa shape index (κ2) is 7.92. The third-order valence-corrected chi connectivity index (χ3v) is 3.40. The first kappa shape index (κ1) is 17.2. The largest absolute Gasteiger partial charge is 0.497 e. The molecule has 0 aromatic heterocycles. The molecule has 1 N–H and O–H groups in total. The predicted molar refractivity (Wildman–Crippen MR) is 87.4 cm³/mol. The van der Waals surface area contributed by atoms with Gasteiger partial charge in [0.2, 0.25) is 0 Å². The summed E-state index contributed by atoms with van der Waals surface area (Å²) in [6.07, 6.45) is 0. The van der Waals surface area contributed by atoms with Crippen LogP contribution in [0.3, 0.4) is 0 Å². The molecule has 0 aliphatic heterocycles. The van der Waals surface area contributed by atoms with E-state index in [4.69, 9.17) is 4.74 Å². The van der Waals surface area contributed by atoms with Crippen LogP contribution in [-0.2, 0) is 4.74 Å². The van der Waals surface area contributed by atoms with Crippen molar-refractivity contribution in [2.75, 3.05) is 20.8 Å². The average molecular weight is 327 g/mol. The van der Waals surface area contributed by atoms with E-state index in [1.807, 2.05) is 0 Å². The highest BCUT2D eigenvalue weighted by molar-refractivity contribution is 6.07. The Morgan fingerprint density at radius 3 is 2.12 bits per heavy atom. The molecule has 1 amide bonds. The standard InChI is InChI=1S/C18H17NO5/c1-23-13-9-7-12(8-10-13)16(20)11-19-17(21)14-5-3-4-6-15(14)18(22)24-2/h3-10H,11H2,1-2H3,(H,19,21). The molecular formula is C18H17NO5. The number of rotatable bonds is 6. The third-order valence-electron chi connectivity index (χ3n) is 3.40. The van der Waals surface area contributed by atoms with Gasteiger partial charge < -0.3 is 14.8 Å². The van der Waals surface area contributed by atoms with Crippen molar-refractivity contribution in [3.63, 3.8) is 0 Å². The number of hydrogen-bond donors (Lipinski definition) is 1. The van der Waals surface area contributed by atoms with Gasteiger partial charge in [0, 0.05) is 5.56 Å². The summed E-state index contributed by atoms with van der Waals surface area (Å²) in [6.45, 7) is -0.180. The summed E-state index contributed by atoms with van der Waals surface area (Å²) in [5, 5.41) is 2.52. The summed E-state index contributed by atoms with van der Waals surface area (Å²) >= 11 is 0. The maximum Gasteiger partial charge on any atom is 0.338 e. The maximum absolute atomic E-state index is 12.2. The second-order valence-corrected chi connectivity index (χ2v) is 4.87. The van der Waals surface area contributed by atoms with Crippen LogP contribution in [0.2, 0.25) is 0 Å². The van der Waals surface area contributed by atoms with E-state index < -0.39 is 11.9 Å². The molecule has 24 heavy (non-hydrogen) atoms. The molecule has 0 spiro atoms. The normalized spacial score (nSPS) is 9.92. The molecule has 0 bridgehead atoms. The highest BCUT2D eigenvalue weighted by Crippen LogP contribution is 2.12. The van der Waals surface area contributed by atoms with E-state index in [0.29, 0.717) is 11.3 Å². The van der Waals surface area contributed by atoms with Crippen LogP contribution in [0.4, 0.5) is 0 Å². The lowest BCUT2D eigenvalue weighted by atomic mass is 10.1. The zero-order chi connectivity index (χ0) is 17.5. The van der Waals surface area contributed by atoms with Crippen LogP contribution in [0.5, 0.6) is 5.75 Å². The molecule has 2 aromatic carbocycles. The van der Waals surface area contributed by atoms with Crippen molar-refractivity contribution < 1.29 is 23.9 Å². The number of ether oxygens (including phenoxy) is 2. The van der Waals surface area contributed by atoms with Gasteiger partial charge in [0.15, 0.2) is 5.78 Å². The number of methoxy groups -OCH3 is 2. The van der Waals surface area contributed by atoms with E-state index >= 15 is 0 Å². The topological polar surface area (TPSA) is 81.7 Å². The zero-order valence-corrected chi connectivity index (χ0v) is 13.4. The van der Waals surface area contributed by atoms with Crippen molar-refractivity contribution >= 4 is 17.7 Å². The molecule has 0 saturated heterocycles. The lowest BCUT2D eigenvalue weighted by molar-refractivity contribution is 0.0596.